The van der Waals surface area contributed by atoms with Gasteiger partial charge in [-0.3, -0.25) is 9.69 Å². The van der Waals surface area contributed by atoms with Gasteiger partial charge in [0.2, 0.25) is 0 Å². The van der Waals surface area contributed by atoms with Crippen molar-refractivity contribution in [2.24, 2.45) is 5.92 Å². The van der Waals surface area contributed by atoms with Gasteiger partial charge in [0.05, 0.1) is 20.1 Å². The molecule has 0 bridgehead atoms. The fourth-order valence-corrected chi connectivity index (χ4v) is 2.98. The molecule has 0 spiro atoms. The zero-order chi connectivity index (χ0) is 15.4. The molecule has 0 saturated carbocycles. The van der Waals surface area contributed by atoms with E-state index in [9.17, 15) is 4.79 Å². The van der Waals surface area contributed by atoms with Crippen LogP contribution in [0.15, 0.2) is 18.2 Å². The highest BCUT2D eigenvalue weighted by Gasteiger charge is 2.30. The number of carbonyl (C=O) groups is 1. The maximum atomic E-state index is 11.1. The fourth-order valence-electron chi connectivity index (χ4n) is 2.98. The summed E-state index contributed by atoms with van der Waals surface area (Å²) in [5, 5.41) is 9.13. The largest absolute Gasteiger partial charge is 0.493 e. The molecule has 0 aliphatic carbocycles. The molecular weight excluding hydrogens is 270 g/mol. The number of carboxylic acid groups (broad SMARTS) is 1. The third-order valence-corrected chi connectivity index (χ3v) is 4.22. The smallest absolute Gasteiger partial charge is 0.306 e. The Morgan fingerprint density at radius 3 is 2.71 bits per heavy atom. The standard InChI is InChI=1S/C16H23NO4/c1-11-9-12(16(18)19)7-8-17(11)10-13-5-4-6-14(20-2)15(13)21-3/h4-6,11-12H,7-10H2,1-3H3,(H,18,19). The molecule has 5 nitrogen and oxygen atoms in total. The van der Waals surface area contributed by atoms with Crippen LogP contribution < -0.4 is 9.47 Å². The number of hydrogen-bond acceptors (Lipinski definition) is 4. The highest BCUT2D eigenvalue weighted by molar-refractivity contribution is 5.70. The van der Waals surface area contributed by atoms with Crippen LogP contribution >= 0.6 is 0 Å². The lowest BCUT2D eigenvalue weighted by Crippen LogP contribution is -2.42. The zero-order valence-corrected chi connectivity index (χ0v) is 12.8. The van der Waals surface area contributed by atoms with Crippen LogP contribution in [0.1, 0.15) is 25.3 Å². The first-order chi connectivity index (χ1) is 10.1. The molecule has 1 aromatic carbocycles. The van der Waals surface area contributed by atoms with Gasteiger partial charge in [-0.05, 0) is 32.4 Å². The van der Waals surface area contributed by atoms with Gasteiger partial charge in [0.1, 0.15) is 0 Å². The van der Waals surface area contributed by atoms with Crippen molar-refractivity contribution in [2.75, 3.05) is 20.8 Å². The number of carboxylic acids is 1. The van der Waals surface area contributed by atoms with Gasteiger partial charge in [-0.2, -0.15) is 0 Å². The number of likely N-dealkylation sites (tertiary alicyclic amines) is 1. The van der Waals surface area contributed by atoms with Crippen molar-refractivity contribution in [3.63, 3.8) is 0 Å². The number of hydrogen-bond donors (Lipinski definition) is 1. The average molecular weight is 293 g/mol. The number of rotatable bonds is 5. The highest BCUT2D eigenvalue weighted by Crippen LogP contribution is 2.33. The SMILES string of the molecule is COc1cccc(CN2CCC(C(=O)O)CC2C)c1OC. The first kappa shape index (κ1) is 15.6. The van der Waals surface area contributed by atoms with Crippen LogP contribution in [0.25, 0.3) is 0 Å². The Labute approximate surface area is 125 Å². The molecule has 1 aliphatic rings. The summed E-state index contributed by atoms with van der Waals surface area (Å²) >= 11 is 0. The molecule has 0 radical (unpaired) electrons. The zero-order valence-electron chi connectivity index (χ0n) is 12.8. The number of benzene rings is 1. The summed E-state index contributed by atoms with van der Waals surface area (Å²) < 4.78 is 10.8. The molecule has 1 aliphatic heterocycles. The molecule has 1 heterocycles. The van der Waals surface area contributed by atoms with E-state index in [2.05, 4.69) is 11.8 Å². The second kappa shape index (κ2) is 6.80. The Kier molecular flexibility index (Phi) is 5.07. The topological polar surface area (TPSA) is 59.0 Å². The number of ether oxygens (including phenoxy) is 2. The molecule has 0 aromatic heterocycles. The maximum Gasteiger partial charge on any atom is 0.306 e. The van der Waals surface area contributed by atoms with Crippen LogP contribution in [0.4, 0.5) is 0 Å². The lowest BCUT2D eigenvalue weighted by atomic mass is 9.91. The average Bonchev–Trinajstić information content (AvgIpc) is 2.48. The monoisotopic (exact) mass is 293 g/mol. The Hall–Kier alpha value is -1.75. The Bertz CT molecular complexity index is 503. The van der Waals surface area contributed by atoms with Crippen molar-refractivity contribution >= 4 is 5.97 Å². The molecule has 2 atom stereocenters. The molecule has 116 valence electrons. The second-order valence-electron chi connectivity index (χ2n) is 5.53. The van der Waals surface area contributed by atoms with Crippen molar-refractivity contribution in [3.8, 4) is 11.5 Å². The number of aliphatic carboxylic acids is 1. The van der Waals surface area contributed by atoms with Gasteiger partial charge in [0.25, 0.3) is 0 Å². The molecule has 2 rings (SSSR count). The van der Waals surface area contributed by atoms with Gasteiger partial charge < -0.3 is 14.6 Å². The van der Waals surface area contributed by atoms with Crippen molar-refractivity contribution < 1.29 is 19.4 Å². The van der Waals surface area contributed by atoms with Crippen molar-refractivity contribution in [2.45, 2.75) is 32.4 Å². The van der Waals surface area contributed by atoms with E-state index in [0.717, 1.165) is 30.2 Å². The number of methoxy groups -OCH3 is 2. The molecule has 2 unspecified atom stereocenters. The predicted molar refractivity (Wildman–Crippen MR) is 79.8 cm³/mol. The lowest BCUT2D eigenvalue weighted by Gasteiger charge is -2.36. The Balaban J connectivity index is 2.10. The Morgan fingerprint density at radius 1 is 1.38 bits per heavy atom. The van der Waals surface area contributed by atoms with E-state index in [4.69, 9.17) is 14.6 Å². The van der Waals surface area contributed by atoms with E-state index in [1.54, 1.807) is 14.2 Å². The molecule has 1 saturated heterocycles. The maximum absolute atomic E-state index is 11.1. The van der Waals surface area contributed by atoms with Gasteiger partial charge >= 0.3 is 5.97 Å². The first-order valence-corrected chi connectivity index (χ1v) is 7.23. The molecular formula is C16H23NO4. The van der Waals surface area contributed by atoms with E-state index in [1.165, 1.54) is 0 Å². The first-order valence-electron chi connectivity index (χ1n) is 7.23. The second-order valence-corrected chi connectivity index (χ2v) is 5.53. The highest BCUT2D eigenvalue weighted by atomic mass is 16.5. The number of para-hydroxylation sites is 1. The van der Waals surface area contributed by atoms with Crippen LogP contribution in [0, 0.1) is 5.92 Å². The van der Waals surface area contributed by atoms with E-state index < -0.39 is 5.97 Å². The lowest BCUT2D eigenvalue weighted by molar-refractivity contribution is -0.144. The van der Waals surface area contributed by atoms with Gasteiger partial charge in [-0.1, -0.05) is 12.1 Å². The molecule has 5 heteroatoms. The molecule has 1 aromatic rings. The van der Waals surface area contributed by atoms with Crippen molar-refractivity contribution in [1.29, 1.82) is 0 Å². The summed E-state index contributed by atoms with van der Waals surface area (Å²) in [6.07, 6.45) is 1.40. The summed E-state index contributed by atoms with van der Waals surface area (Å²) in [7, 11) is 3.27. The van der Waals surface area contributed by atoms with Crippen LogP contribution in [-0.2, 0) is 11.3 Å². The molecule has 1 N–H and O–H groups in total. The minimum atomic E-state index is -0.680. The Morgan fingerprint density at radius 2 is 2.14 bits per heavy atom. The molecule has 21 heavy (non-hydrogen) atoms. The predicted octanol–water partition coefficient (Wildman–Crippen LogP) is 2.39. The van der Waals surface area contributed by atoms with Gasteiger partial charge in [0, 0.05) is 18.2 Å². The van der Waals surface area contributed by atoms with Gasteiger partial charge in [-0.25, -0.2) is 0 Å². The minimum absolute atomic E-state index is 0.219. The molecule has 1 fully saturated rings. The normalized spacial score (nSPS) is 22.8. The summed E-state index contributed by atoms with van der Waals surface area (Å²) in [5.74, 6) is 0.583. The summed E-state index contributed by atoms with van der Waals surface area (Å²) in [5.41, 5.74) is 1.07. The van der Waals surface area contributed by atoms with Crippen LogP contribution in [-0.4, -0.2) is 42.8 Å². The number of piperidine rings is 1. The summed E-state index contributed by atoms with van der Waals surface area (Å²) in [4.78, 5) is 13.4. The summed E-state index contributed by atoms with van der Waals surface area (Å²) in [6, 6.07) is 6.10. The van der Waals surface area contributed by atoms with E-state index in [1.807, 2.05) is 18.2 Å². The van der Waals surface area contributed by atoms with Gasteiger partial charge in [0.15, 0.2) is 11.5 Å². The van der Waals surface area contributed by atoms with Crippen LogP contribution in [0.5, 0.6) is 11.5 Å². The number of nitrogens with zero attached hydrogens (tertiary/aromatic N) is 1. The third-order valence-electron chi connectivity index (χ3n) is 4.22. The summed E-state index contributed by atoms with van der Waals surface area (Å²) in [6.45, 7) is 3.62. The van der Waals surface area contributed by atoms with Crippen molar-refractivity contribution in [1.82, 2.24) is 4.90 Å². The fraction of sp³-hybridized carbons (Fsp3) is 0.562. The third kappa shape index (κ3) is 3.47. The van der Waals surface area contributed by atoms with Crippen LogP contribution in [0.3, 0.4) is 0 Å². The van der Waals surface area contributed by atoms with E-state index in [-0.39, 0.29) is 12.0 Å². The van der Waals surface area contributed by atoms with E-state index >= 15 is 0 Å². The quantitative estimate of drug-likeness (QED) is 0.903. The molecule has 0 amide bonds. The van der Waals surface area contributed by atoms with Crippen LogP contribution in [0.2, 0.25) is 0 Å². The minimum Gasteiger partial charge on any atom is -0.493 e. The van der Waals surface area contributed by atoms with Crippen molar-refractivity contribution in [3.05, 3.63) is 23.8 Å². The van der Waals surface area contributed by atoms with E-state index in [0.29, 0.717) is 12.8 Å². The van der Waals surface area contributed by atoms with Gasteiger partial charge in [-0.15, -0.1) is 0 Å².